The fourth-order valence-electron chi connectivity index (χ4n) is 2.60. The Hall–Kier alpha value is -2.29. The van der Waals surface area contributed by atoms with Crippen molar-refractivity contribution < 1.29 is 4.74 Å². The van der Waals surface area contributed by atoms with Gasteiger partial charge >= 0.3 is 0 Å². The minimum atomic E-state index is 0.559. The van der Waals surface area contributed by atoms with Crippen LogP contribution in [0.3, 0.4) is 0 Å². The maximum absolute atomic E-state index is 6.60. The van der Waals surface area contributed by atoms with E-state index < -0.39 is 0 Å². The average molecular weight is 477 g/mol. The summed E-state index contributed by atoms with van der Waals surface area (Å²) in [6.45, 7) is 0.605. The molecule has 0 saturated heterocycles. The maximum atomic E-state index is 6.60. The number of rotatable bonds is 6. The Labute approximate surface area is 179 Å². The minimum absolute atomic E-state index is 0.559. The second-order valence-electron chi connectivity index (χ2n) is 5.81. The van der Waals surface area contributed by atoms with Crippen LogP contribution in [0.4, 0.5) is 5.82 Å². The summed E-state index contributed by atoms with van der Waals surface area (Å²) in [5, 5.41) is 4.66. The van der Waals surface area contributed by atoms with Crippen LogP contribution in [0.25, 0.3) is 5.52 Å². The molecule has 0 fully saturated rings. The molecule has 1 aromatic carbocycles. The quantitative estimate of drug-likeness (QED) is 0.407. The molecule has 142 valence electrons. The number of aromatic nitrogens is 4. The molecule has 0 amide bonds. The number of ether oxygens (including phenoxy) is 1. The topological polar surface area (TPSA) is 64.3 Å². The van der Waals surface area contributed by atoms with E-state index in [0.717, 1.165) is 31.4 Å². The lowest BCUT2D eigenvalue weighted by atomic mass is 10.2. The minimum Gasteiger partial charge on any atom is -0.497 e. The van der Waals surface area contributed by atoms with Gasteiger partial charge in [0.1, 0.15) is 27.5 Å². The highest BCUT2D eigenvalue weighted by Crippen LogP contribution is 2.37. The molecule has 0 spiro atoms. The molecule has 0 saturated carbocycles. The molecule has 0 unspecified atom stereocenters. The molecule has 0 aliphatic carbocycles. The molecule has 1 N–H and O–H groups in total. The highest BCUT2D eigenvalue weighted by Gasteiger charge is 2.13. The van der Waals surface area contributed by atoms with Crippen LogP contribution >= 0.6 is 39.3 Å². The van der Waals surface area contributed by atoms with Crippen LogP contribution in [0, 0.1) is 0 Å². The Balaban J connectivity index is 1.54. The molecule has 6 nitrogen and oxygen atoms in total. The van der Waals surface area contributed by atoms with Crippen LogP contribution < -0.4 is 10.1 Å². The fraction of sp³-hybridized carbons (Fsp3) is 0.105. The van der Waals surface area contributed by atoms with Crippen molar-refractivity contribution in [3.8, 4) is 5.75 Å². The van der Waals surface area contributed by atoms with Gasteiger partial charge in [0.15, 0.2) is 0 Å². The number of hydrogen-bond donors (Lipinski definition) is 1. The van der Waals surface area contributed by atoms with Gasteiger partial charge in [0.05, 0.1) is 30.0 Å². The Bertz CT molecular complexity index is 1120. The normalized spacial score (nSPS) is 11.0. The summed E-state index contributed by atoms with van der Waals surface area (Å²) in [6, 6.07) is 9.73. The highest BCUT2D eigenvalue weighted by atomic mass is 79.9. The third-order valence-corrected chi connectivity index (χ3v) is 6.21. The lowest BCUT2D eigenvalue weighted by Gasteiger charge is -2.11. The summed E-state index contributed by atoms with van der Waals surface area (Å²) in [7, 11) is 1.65. The van der Waals surface area contributed by atoms with Crippen molar-refractivity contribution in [2.24, 2.45) is 0 Å². The van der Waals surface area contributed by atoms with E-state index in [2.05, 4.69) is 36.2 Å². The summed E-state index contributed by atoms with van der Waals surface area (Å²) in [6.07, 6.45) is 6.99. The number of methoxy groups -OCH3 is 1. The molecule has 0 radical (unpaired) electrons. The largest absolute Gasteiger partial charge is 0.497 e. The van der Waals surface area contributed by atoms with E-state index in [1.54, 1.807) is 32.0 Å². The first-order chi connectivity index (χ1) is 13.7. The first-order valence-electron chi connectivity index (χ1n) is 8.31. The summed E-state index contributed by atoms with van der Waals surface area (Å²) in [5.74, 6) is 1.45. The van der Waals surface area contributed by atoms with Crippen LogP contribution in [0.2, 0.25) is 5.02 Å². The van der Waals surface area contributed by atoms with Gasteiger partial charge in [-0.1, -0.05) is 35.5 Å². The molecule has 28 heavy (non-hydrogen) atoms. The standard InChI is InChI=1S/C19H15BrClN5OS/c1-27-13-4-2-12(3-5-13)8-24-18-17(21)15(6-7-23-18)28-19-14-9-22-11-26(14)16(20)10-25-19/h2-7,9-11H,8H2,1H3,(H,23,24). The van der Waals surface area contributed by atoms with Crippen molar-refractivity contribution in [2.45, 2.75) is 16.5 Å². The van der Waals surface area contributed by atoms with E-state index >= 15 is 0 Å². The van der Waals surface area contributed by atoms with E-state index in [0.29, 0.717) is 17.4 Å². The van der Waals surface area contributed by atoms with Gasteiger partial charge in [-0.3, -0.25) is 4.40 Å². The molecule has 4 aromatic rings. The van der Waals surface area contributed by atoms with Crippen molar-refractivity contribution in [3.63, 3.8) is 0 Å². The van der Waals surface area contributed by atoms with E-state index in [1.165, 1.54) is 11.8 Å². The molecule has 0 atom stereocenters. The second-order valence-corrected chi connectivity index (χ2v) is 8.03. The number of anilines is 1. The number of fused-ring (bicyclic) bond motifs is 1. The predicted molar refractivity (Wildman–Crippen MR) is 114 cm³/mol. The van der Waals surface area contributed by atoms with Gasteiger partial charge in [-0.15, -0.1) is 0 Å². The third-order valence-electron chi connectivity index (χ3n) is 4.06. The number of halogens is 2. The van der Waals surface area contributed by atoms with Gasteiger partial charge in [0.2, 0.25) is 0 Å². The number of nitrogens with zero attached hydrogens (tertiary/aromatic N) is 4. The molecule has 3 heterocycles. The van der Waals surface area contributed by atoms with Crippen LogP contribution in [-0.2, 0) is 6.54 Å². The summed E-state index contributed by atoms with van der Waals surface area (Å²) in [4.78, 5) is 13.9. The lowest BCUT2D eigenvalue weighted by molar-refractivity contribution is 0.414. The monoisotopic (exact) mass is 475 g/mol. The molecule has 3 aromatic heterocycles. The third kappa shape index (κ3) is 3.94. The predicted octanol–water partition coefficient (Wildman–Crippen LogP) is 5.31. The van der Waals surface area contributed by atoms with E-state index in [9.17, 15) is 0 Å². The molecular weight excluding hydrogens is 462 g/mol. The van der Waals surface area contributed by atoms with Crippen molar-refractivity contribution in [1.29, 1.82) is 0 Å². The maximum Gasteiger partial charge on any atom is 0.146 e. The van der Waals surface area contributed by atoms with E-state index in [1.807, 2.05) is 34.7 Å². The van der Waals surface area contributed by atoms with Crippen LogP contribution in [0.5, 0.6) is 5.75 Å². The number of nitrogens with one attached hydrogen (secondary N) is 1. The molecule has 0 aliphatic heterocycles. The van der Waals surface area contributed by atoms with Gasteiger partial charge in [-0.05, 0) is 39.7 Å². The Morgan fingerprint density at radius 1 is 1.18 bits per heavy atom. The summed E-state index contributed by atoms with van der Waals surface area (Å²) < 4.78 is 7.95. The van der Waals surface area contributed by atoms with Crippen molar-refractivity contribution in [1.82, 2.24) is 19.4 Å². The van der Waals surface area contributed by atoms with Gasteiger partial charge in [0.25, 0.3) is 0 Å². The average Bonchev–Trinajstić information content (AvgIpc) is 3.22. The highest BCUT2D eigenvalue weighted by molar-refractivity contribution is 9.10. The van der Waals surface area contributed by atoms with E-state index in [4.69, 9.17) is 16.3 Å². The fourth-order valence-corrected chi connectivity index (χ4v) is 4.17. The molecule has 4 rings (SSSR count). The SMILES string of the molecule is COc1ccc(CNc2nccc(Sc3ncc(Br)n4cncc34)c2Cl)cc1. The van der Waals surface area contributed by atoms with Crippen molar-refractivity contribution in [3.05, 3.63) is 70.4 Å². The molecule has 9 heteroatoms. The lowest BCUT2D eigenvalue weighted by Crippen LogP contribution is -2.02. The van der Waals surface area contributed by atoms with E-state index in [-0.39, 0.29) is 0 Å². The first-order valence-corrected chi connectivity index (χ1v) is 10.3. The van der Waals surface area contributed by atoms with Gasteiger partial charge in [-0.25, -0.2) is 15.0 Å². The van der Waals surface area contributed by atoms with Gasteiger partial charge < -0.3 is 10.1 Å². The smallest absolute Gasteiger partial charge is 0.146 e. The number of pyridine rings is 1. The van der Waals surface area contributed by atoms with Crippen LogP contribution in [-0.4, -0.2) is 26.5 Å². The zero-order valence-electron chi connectivity index (χ0n) is 14.8. The summed E-state index contributed by atoms with van der Waals surface area (Å²) in [5.41, 5.74) is 2.01. The number of benzene rings is 1. The number of imidazole rings is 1. The van der Waals surface area contributed by atoms with Crippen molar-refractivity contribution >= 4 is 50.6 Å². The first kappa shape index (κ1) is 19.0. The molecule has 0 bridgehead atoms. The molecule has 0 aliphatic rings. The Morgan fingerprint density at radius 3 is 2.79 bits per heavy atom. The zero-order chi connectivity index (χ0) is 19.5. The van der Waals surface area contributed by atoms with Gasteiger partial charge in [-0.2, -0.15) is 0 Å². The Morgan fingerprint density at radius 2 is 2.00 bits per heavy atom. The second kappa shape index (κ2) is 8.38. The zero-order valence-corrected chi connectivity index (χ0v) is 17.9. The van der Waals surface area contributed by atoms with Crippen molar-refractivity contribution in [2.75, 3.05) is 12.4 Å². The van der Waals surface area contributed by atoms with Crippen LogP contribution in [0.15, 0.2) is 69.8 Å². The van der Waals surface area contributed by atoms with Gasteiger partial charge in [0, 0.05) is 17.6 Å². The summed E-state index contributed by atoms with van der Waals surface area (Å²) >= 11 is 11.6. The number of hydrogen-bond acceptors (Lipinski definition) is 6. The molecular formula is C19H15BrClN5OS. The Kier molecular flexibility index (Phi) is 5.70. The van der Waals surface area contributed by atoms with Crippen LogP contribution in [0.1, 0.15) is 5.56 Å².